The number of benzene rings is 2. The maximum absolute atomic E-state index is 13.8. The highest BCUT2D eigenvalue weighted by Gasteiger charge is 2.26. The van der Waals surface area contributed by atoms with Crippen LogP contribution in [-0.4, -0.2) is 21.2 Å². The van der Waals surface area contributed by atoms with Gasteiger partial charge in [0.1, 0.15) is 0 Å². The Morgan fingerprint density at radius 1 is 1.00 bits per heavy atom. The third kappa shape index (κ3) is 3.96. The minimum Gasteiger partial charge on any atom is -0.325 e. The molecule has 0 saturated carbocycles. The Morgan fingerprint density at radius 2 is 1.64 bits per heavy atom. The highest BCUT2D eigenvalue weighted by Crippen LogP contribution is 2.12. The van der Waals surface area contributed by atoms with E-state index < -0.39 is 34.9 Å². The molecule has 2 aromatic carbocycles. The van der Waals surface area contributed by atoms with Crippen LogP contribution in [0.5, 0.6) is 0 Å². The largest absolute Gasteiger partial charge is 0.330 e. The van der Waals surface area contributed by atoms with E-state index in [9.17, 15) is 23.6 Å². The first-order chi connectivity index (χ1) is 13.4. The number of aryl methyl sites for hydroxylation is 1. The number of carbonyl (C=O) groups is 2. The van der Waals surface area contributed by atoms with Gasteiger partial charge in [0.15, 0.2) is 6.17 Å². The maximum Gasteiger partial charge on any atom is 0.330 e. The SMILES string of the molecule is Cc1ccc(C(=O)NC(C(=O)c2ccccc2)n2cc(F)c(=O)[nH]c2=O)cc1. The summed E-state index contributed by atoms with van der Waals surface area (Å²) in [4.78, 5) is 50.8. The van der Waals surface area contributed by atoms with Gasteiger partial charge in [0, 0.05) is 11.1 Å². The van der Waals surface area contributed by atoms with Crippen LogP contribution in [0, 0.1) is 12.7 Å². The molecule has 1 heterocycles. The lowest BCUT2D eigenvalue weighted by atomic mass is 10.1. The first-order valence-corrected chi connectivity index (χ1v) is 8.34. The van der Waals surface area contributed by atoms with Crippen molar-refractivity contribution in [3.63, 3.8) is 0 Å². The minimum atomic E-state index is -1.55. The lowest BCUT2D eigenvalue weighted by Crippen LogP contribution is -2.44. The zero-order valence-electron chi connectivity index (χ0n) is 14.8. The maximum atomic E-state index is 13.8. The fraction of sp³-hybridized carbons (Fsp3) is 0.100. The lowest BCUT2D eigenvalue weighted by Gasteiger charge is -2.20. The summed E-state index contributed by atoms with van der Waals surface area (Å²) < 4.78 is 14.4. The average Bonchev–Trinajstić information content (AvgIpc) is 2.69. The van der Waals surface area contributed by atoms with Crippen molar-refractivity contribution in [1.29, 1.82) is 0 Å². The highest BCUT2D eigenvalue weighted by atomic mass is 19.1. The second-order valence-corrected chi connectivity index (χ2v) is 6.12. The van der Waals surface area contributed by atoms with Gasteiger partial charge in [0.25, 0.3) is 11.5 Å². The molecule has 0 aliphatic heterocycles. The summed E-state index contributed by atoms with van der Waals surface area (Å²) in [6, 6.07) is 14.5. The summed E-state index contributed by atoms with van der Waals surface area (Å²) in [5, 5.41) is 2.44. The molecule has 0 radical (unpaired) electrons. The van der Waals surface area contributed by atoms with Crippen LogP contribution in [0.15, 0.2) is 70.4 Å². The zero-order chi connectivity index (χ0) is 20.3. The number of amides is 1. The third-order valence-electron chi connectivity index (χ3n) is 4.09. The Balaban J connectivity index is 2.04. The van der Waals surface area contributed by atoms with Gasteiger partial charge in [-0.25, -0.2) is 4.79 Å². The van der Waals surface area contributed by atoms with Gasteiger partial charge in [-0.15, -0.1) is 0 Å². The first-order valence-electron chi connectivity index (χ1n) is 8.34. The highest BCUT2D eigenvalue weighted by molar-refractivity contribution is 6.03. The van der Waals surface area contributed by atoms with Crippen molar-refractivity contribution in [3.05, 3.63) is 104 Å². The molecule has 1 atom stereocenters. The van der Waals surface area contributed by atoms with Crippen molar-refractivity contribution in [3.8, 4) is 0 Å². The van der Waals surface area contributed by atoms with Crippen LogP contribution in [0.1, 0.15) is 32.4 Å². The number of hydrogen-bond donors (Lipinski definition) is 2. The molecule has 3 rings (SSSR count). The number of aromatic nitrogens is 2. The van der Waals surface area contributed by atoms with E-state index in [1.54, 1.807) is 47.4 Å². The summed E-state index contributed by atoms with van der Waals surface area (Å²) >= 11 is 0. The lowest BCUT2D eigenvalue weighted by molar-refractivity contribution is 0.0811. The molecule has 0 aliphatic rings. The summed E-state index contributed by atoms with van der Waals surface area (Å²) in [6.45, 7) is 1.85. The summed E-state index contributed by atoms with van der Waals surface area (Å²) in [5.41, 5.74) is -0.834. The number of nitrogens with one attached hydrogen (secondary N) is 2. The quantitative estimate of drug-likeness (QED) is 0.658. The molecule has 0 spiro atoms. The first kappa shape index (κ1) is 19.0. The van der Waals surface area contributed by atoms with E-state index in [0.29, 0.717) is 10.8 Å². The summed E-state index contributed by atoms with van der Waals surface area (Å²) in [5.74, 6) is -2.53. The van der Waals surface area contributed by atoms with E-state index in [1.807, 2.05) is 6.92 Å². The minimum absolute atomic E-state index is 0.204. The number of H-pyrrole nitrogens is 1. The predicted octanol–water partition coefficient (Wildman–Crippen LogP) is 1.80. The van der Waals surface area contributed by atoms with Gasteiger partial charge in [-0.1, -0.05) is 48.0 Å². The predicted molar refractivity (Wildman–Crippen MR) is 99.7 cm³/mol. The number of carbonyl (C=O) groups excluding carboxylic acids is 2. The van der Waals surface area contributed by atoms with Crippen molar-refractivity contribution >= 4 is 11.7 Å². The molecular formula is C20H16FN3O4. The molecule has 7 nitrogen and oxygen atoms in total. The Labute approximate surface area is 158 Å². The van der Waals surface area contributed by atoms with E-state index >= 15 is 0 Å². The zero-order valence-corrected chi connectivity index (χ0v) is 14.8. The number of hydrogen-bond acceptors (Lipinski definition) is 4. The number of nitrogens with zero attached hydrogens (tertiary/aromatic N) is 1. The van der Waals surface area contributed by atoms with Gasteiger partial charge in [-0.05, 0) is 19.1 Å². The Morgan fingerprint density at radius 3 is 2.29 bits per heavy atom. The van der Waals surface area contributed by atoms with Gasteiger partial charge >= 0.3 is 5.69 Å². The Hall–Kier alpha value is -3.81. The van der Waals surface area contributed by atoms with Crippen LogP contribution >= 0.6 is 0 Å². The van der Waals surface area contributed by atoms with E-state index in [1.165, 1.54) is 12.1 Å². The van der Waals surface area contributed by atoms with Crippen molar-refractivity contribution in [2.75, 3.05) is 0 Å². The monoisotopic (exact) mass is 381 g/mol. The molecule has 0 aliphatic carbocycles. The number of ketones is 1. The van der Waals surface area contributed by atoms with E-state index in [2.05, 4.69) is 5.32 Å². The molecule has 142 valence electrons. The summed E-state index contributed by atoms with van der Waals surface area (Å²) in [7, 11) is 0. The molecule has 3 aromatic rings. The second kappa shape index (κ2) is 7.83. The second-order valence-electron chi connectivity index (χ2n) is 6.12. The molecule has 0 fully saturated rings. The molecule has 1 amide bonds. The van der Waals surface area contributed by atoms with Crippen LogP contribution in [0.2, 0.25) is 0 Å². The number of halogens is 1. The van der Waals surface area contributed by atoms with Gasteiger partial charge in [0.05, 0.1) is 6.20 Å². The number of aromatic amines is 1. The molecule has 2 N–H and O–H groups in total. The van der Waals surface area contributed by atoms with Crippen LogP contribution in [0.3, 0.4) is 0 Å². The van der Waals surface area contributed by atoms with E-state index in [4.69, 9.17) is 0 Å². The molecule has 1 unspecified atom stereocenters. The topological polar surface area (TPSA) is 101 Å². The van der Waals surface area contributed by atoms with Crippen LogP contribution < -0.4 is 16.6 Å². The van der Waals surface area contributed by atoms with Crippen molar-refractivity contribution in [2.24, 2.45) is 0 Å². The molecule has 0 saturated heterocycles. The van der Waals surface area contributed by atoms with Gasteiger partial charge in [0.2, 0.25) is 11.6 Å². The Kier molecular flexibility index (Phi) is 5.30. The molecule has 8 heteroatoms. The van der Waals surface area contributed by atoms with Crippen molar-refractivity contribution in [2.45, 2.75) is 13.1 Å². The van der Waals surface area contributed by atoms with Crippen LogP contribution in [-0.2, 0) is 0 Å². The standard InChI is InChI=1S/C20H16FN3O4/c1-12-7-9-14(10-8-12)18(26)22-17(16(25)13-5-3-2-4-6-13)24-11-15(21)19(27)23-20(24)28/h2-11,17H,1H3,(H,22,26)(H,23,27,28). The van der Waals surface area contributed by atoms with E-state index in [0.717, 1.165) is 5.56 Å². The normalized spacial score (nSPS) is 11.6. The molecular weight excluding hydrogens is 365 g/mol. The van der Waals surface area contributed by atoms with Gasteiger partial charge in [-0.3, -0.25) is 23.9 Å². The molecule has 1 aromatic heterocycles. The number of Topliss-reactive ketones (excluding diaryl/α,β-unsaturated/α-hetero) is 1. The van der Waals surface area contributed by atoms with Crippen molar-refractivity contribution < 1.29 is 14.0 Å². The number of rotatable bonds is 5. The fourth-order valence-electron chi connectivity index (χ4n) is 2.59. The van der Waals surface area contributed by atoms with Crippen molar-refractivity contribution in [1.82, 2.24) is 14.9 Å². The van der Waals surface area contributed by atoms with Crippen LogP contribution in [0.25, 0.3) is 0 Å². The van der Waals surface area contributed by atoms with Gasteiger partial charge < -0.3 is 5.32 Å². The van der Waals surface area contributed by atoms with E-state index in [-0.39, 0.29) is 11.1 Å². The smallest absolute Gasteiger partial charge is 0.325 e. The van der Waals surface area contributed by atoms with Crippen LogP contribution in [0.4, 0.5) is 4.39 Å². The molecule has 0 bridgehead atoms. The summed E-state index contributed by atoms with van der Waals surface area (Å²) in [6.07, 6.45) is -0.947. The van der Waals surface area contributed by atoms with Gasteiger partial charge in [-0.2, -0.15) is 4.39 Å². The average molecular weight is 381 g/mol. The Bertz CT molecular complexity index is 1130. The third-order valence-corrected chi connectivity index (χ3v) is 4.09. The molecule has 28 heavy (non-hydrogen) atoms. The fourth-order valence-corrected chi connectivity index (χ4v) is 2.59.